The van der Waals surface area contributed by atoms with E-state index in [4.69, 9.17) is 0 Å². The van der Waals surface area contributed by atoms with E-state index in [1.807, 2.05) is 41.5 Å². The van der Waals surface area contributed by atoms with Gasteiger partial charge in [-0.15, -0.1) is 0 Å². The molecule has 1 atom stereocenters. The van der Waals surface area contributed by atoms with Crippen molar-refractivity contribution in [2.24, 2.45) is 0 Å². The molecule has 1 unspecified atom stereocenters. The Balaban J connectivity index is 1.64. The smallest absolute Gasteiger partial charge is 0.273 e. The number of hydrogen-bond donors (Lipinski definition) is 2. The molecule has 0 bridgehead atoms. The fourth-order valence-electron chi connectivity index (χ4n) is 2.77. The van der Waals surface area contributed by atoms with Gasteiger partial charge in [-0.05, 0) is 30.4 Å². The van der Waals surface area contributed by atoms with Gasteiger partial charge in [-0.3, -0.25) is 14.8 Å². The topological polar surface area (TPSA) is 70.2 Å². The largest absolute Gasteiger partial charge is 0.355 e. The molecule has 2 aromatic rings. The molecule has 6 heteroatoms. The molecule has 2 N–H and O–H groups in total. The Labute approximate surface area is 139 Å². The van der Waals surface area contributed by atoms with Crippen LogP contribution in [0.15, 0.2) is 84.9 Å². The summed E-state index contributed by atoms with van der Waals surface area (Å²) in [5, 5.41) is 6.19. The van der Waals surface area contributed by atoms with Crippen molar-refractivity contribution in [3.63, 3.8) is 0 Å². The molecular weight excluding hydrogens is 302 g/mol. The first-order valence-corrected chi connectivity index (χ1v) is 7.58. The second kappa shape index (κ2) is 6.00. The monoisotopic (exact) mass is 317 g/mol. The highest BCUT2D eigenvalue weighted by Crippen LogP contribution is 2.33. The molecule has 0 spiro atoms. The van der Waals surface area contributed by atoms with Crippen molar-refractivity contribution in [2.75, 3.05) is 5.32 Å². The Morgan fingerprint density at radius 3 is 2.79 bits per heavy atom. The van der Waals surface area contributed by atoms with Crippen molar-refractivity contribution in [3.8, 4) is 0 Å². The Bertz CT molecular complexity index is 842. The van der Waals surface area contributed by atoms with Gasteiger partial charge < -0.3 is 15.5 Å². The van der Waals surface area contributed by atoms with Gasteiger partial charge >= 0.3 is 0 Å². The van der Waals surface area contributed by atoms with Gasteiger partial charge in [0.1, 0.15) is 11.9 Å². The summed E-state index contributed by atoms with van der Waals surface area (Å²) in [6.07, 6.45) is 14.4. The number of pyridine rings is 2. The van der Waals surface area contributed by atoms with Gasteiger partial charge in [0.05, 0.1) is 5.70 Å². The fraction of sp³-hybridized carbons (Fsp3) is 0.0556. The Hall–Kier alpha value is -3.41. The normalized spacial score (nSPS) is 18.3. The molecular formula is C18H15N5O. The van der Waals surface area contributed by atoms with Crippen molar-refractivity contribution in [1.29, 1.82) is 0 Å². The highest BCUT2D eigenvalue weighted by Gasteiger charge is 2.33. The van der Waals surface area contributed by atoms with Crippen LogP contribution in [0.4, 0.5) is 5.69 Å². The second-order valence-electron chi connectivity index (χ2n) is 5.39. The lowest BCUT2D eigenvalue weighted by molar-refractivity contribution is -0.113. The molecule has 0 aliphatic carbocycles. The minimum Gasteiger partial charge on any atom is -0.355 e. The van der Waals surface area contributed by atoms with E-state index in [1.54, 1.807) is 36.9 Å². The van der Waals surface area contributed by atoms with Crippen LogP contribution in [0.5, 0.6) is 0 Å². The molecule has 2 aliphatic rings. The summed E-state index contributed by atoms with van der Waals surface area (Å²) >= 11 is 0. The molecule has 2 aromatic heterocycles. The van der Waals surface area contributed by atoms with E-state index in [-0.39, 0.29) is 12.1 Å². The first kappa shape index (κ1) is 14.2. The minimum atomic E-state index is -0.187. The summed E-state index contributed by atoms with van der Waals surface area (Å²) in [5.74, 6) is -0.187. The Kier molecular flexibility index (Phi) is 3.55. The van der Waals surface area contributed by atoms with Gasteiger partial charge in [0, 0.05) is 42.2 Å². The molecule has 118 valence electrons. The second-order valence-corrected chi connectivity index (χ2v) is 5.39. The Morgan fingerprint density at radius 1 is 1.12 bits per heavy atom. The van der Waals surface area contributed by atoms with E-state index in [0.717, 1.165) is 11.3 Å². The number of amides is 1. The number of carbonyl (C=O) groups excluding carboxylic acids is 1. The van der Waals surface area contributed by atoms with Crippen LogP contribution in [0.1, 0.15) is 11.7 Å². The molecule has 0 radical (unpaired) electrons. The molecule has 1 amide bonds. The zero-order valence-corrected chi connectivity index (χ0v) is 12.8. The number of carbonyl (C=O) groups is 1. The zero-order chi connectivity index (χ0) is 16.4. The maximum Gasteiger partial charge on any atom is 0.273 e. The third kappa shape index (κ3) is 2.54. The highest BCUT2D eigenvalue weighted by molar-refractivity contribution is 6.04. The SMILES string of the molecule is O=C(Nc1ccncc1)C1=C2C=CC=CN2C(c2cccnc2)N1. The van der Waals surface area contributed by atoms with Crippen LogP contribution in [-0.2, 0) is 4.79 Å². The average molecular weight is 317 g/mol. The number of aromatic nitrogens is 2. The molecule has 4 rings (SSSR count). The van der Waals surface area contributed by atoms with Gasteiger partial charge in [0.25, 0.3) is 5.91 Å². The van der Waals surface area contributed by atoms with Crippen molar-refractivity contribution in [3.05, 3.63) is 90.4 Å². The fourth-order valence-corrected chi connectivity index (χ4v) is 2.77. The number of anilines is 1. The minimum absolute atomic E-state index is 0.159. The van der Waals surface area contributed by atoms with E-state index in [0.29, 0.717) is 11.4 Å². The van der Waals surface area contributed by atoms with Crippen LogP contribution in [0.25, 0.3) is 0 Å². The lowest BCUT2D eigenvalue weighted by Gasteiger charge is -2.25. The third-order valence-corrected chi connectivity index (χ3v) is 3.87. The average Bonchev–Trinajstić information content (AvgIpc) is 3.03. The molecule has 6 nitrogen and oxygen atoms in total. The van der Waals surface area contributed by atoms with Crippen LogP contribution >= 0.6 is 0 Å². The van der Waals surface area contributed by atoms with E-state index in [2.05, 4.69) is 20.6 Å². The van der Waals surface area contributed by atoms with Gasteiger partial charge in [-0.1, -0.05) is 12.1 Å². The highest BCUT2D eigenvalue weighted by atomic mass is 16.2. The van der Waals surface area contributed by atoms with Crippen LogP contribution in [0.3, 0.4) is 0 Å². The number of fused-ring (bicyclic) bond motifs is 1. The molecule has 4 heterocycles. The lowest BCUT2D eigenvalue weighted by Crippen LogP contribution is -2.28. The van der Waals surface area contributed by atoms with E-state index in [1.165, 1.54) is 0 Å². The predicted molar refractivity (Wildman–Crippen MR) is 90.1 cm³/mol. The first-order chi connectivity index (χ1) is 11.8. The van der Waals surface area contributed by atoms with Crippen molar-refractivity contribution >= 4 is 11.6 Å². The molecule has 0 saturated carbocycles. The van der Waals surface area contributed by atoms with Crippen LogP contribution < -0.4 is 10.6 Å². The number of nitrogens with zero attached hydrogens (tertiary/aromatic N) is 3. The number of nitrogens with one attached hydrogen (secondary N) is 2. The Morgan fingerprint density at radius 2 is 2.00 bits per heavy atom. The molecule has 0 fully saturated rings. The van der Waals surface area contributed by atoms with E-state index < -0.39 is 0 Å². The molecule has 2 aliphatic heterocycles. The van der Waals surface area contributed by atoms with Crippen molar-refractivity contribution < 1.29 is 4.79 Å². The molecule has 0 saturated heterocycles. The third-order valence-electron chi connectivity index (χ3n) is 3.87. The molecule has 0 aromatic carbocycles. The van der Waals surface area contributed by atoms with Crippen molar-refractivity contribution in [1.82, 2.24) is 20.2 Å². The standard InChI is InChI=1S/C18H15N5O/c24-18(21-14-6-9-19-10-7-14)16-15-5-1-2-11-23(15)17(22-16)13-4-3-8-20-12-13/h1-12,17,22H,(H,19,21,24). The van der Waals surface area contributed by atoms with Crippen LogP contribution in [-0.4, -0.2) is 20.8 Å². The lowest BCUT2D eigenvalue weighted by atomic mass is 10.2. The van der Waals surface area contributed by atoms with Gasteiger partial charge in [0.2, 0.25) is 0 Å². The van der Waals surface area contributed by atoms with Crippen LogP contribution in [0.2, 0.25) is 0 Å². The molecule has 24 heavy (non-hydrogen) atoms. The summed E-state index contributed by atoms with van der Waals surface area (Å²) in [6.45, 7) is 0. The van der Waals surface area contributed by atoms with E-state index >= 15 is 0 Å². The summed E-state index contributed by atoms with van der Waals surface area (Å²) in [7, 11) is 0. The van der Waals surface area contributed by atoms with Gasteiger partial charge in [-0.2, -0.15) is 0 Å². The quantitative estimate of drug-likeness (QED) is 0.909. The number of rotatable bonds is 3. The summed E-state index contributed by atoms with van der Waals surface area (Å²) in [6, 6.07) is 7.38. The maximum atomic E-state index is 12.7. The summed E-state index contributed by atoms with van der Waals surface area (Å²) in [4.78, 5) is 22.8. The van der Waals surface area contributed by atoms with Gasteiger partial charge in [0.15, 0.2) is 0 Å². The number of hydrogen-bond acceptors (Lipinski definition) is 5. The van der Waals surface area contributed by atoms with Crippen LogP contribution in [0, 0.1) is 0 Å². The van der Waals surface area contributed by atoms with Crippen molar-refractivity contribution in [2.45, 2.75) is 6.17 Å². The number of allylic oxidation sites excluding steroid dienone is 3. The first-order valence-electron chi connectivity index (χ1n) is 7.58. The summed E-state index contributed by atoms with van der Waals surface area (Å²) in [5.41, 5.74) is 3.05. The van der Waals surface area contributed by atoms with Gasteiger partial charge in [-0.25, -0.2) is 0 Å². The van der Waals surface area contributed by atoms with E-state index in [9.17, 15) is 4.79 Å². The predicted octanol–water partition coefficient (Wildman–Crippen LogP) is 2.31. The summed E-state index contributed by atoms with van der Waals surface area (Å²) < 4.78 is 0. The maximum absolute atomic E-state index is 12.7. The zero-order valence-electron chi connectivity index (χ0n) is 12.8.